The van der Waals surface area contributed by atoms with E-state index in [1.165, 1.54) is 6.20 Å². The third-order valence-electron chi connectivity index (χ3n) is 0.575. The minimum Gasteiger partial charge on any atom is -0.465 e. The molecule has 0 unspecified atom stereocenters. The molecular formula is C6H9NO2. The van der Waals surface area contributed by atoms with Crippen LogP contribution in [0.5, 0.6) is 0 Å². The molecule has 2 N–H and O–H groups in total. The maximum atomic E-state index is 9.79. The van der Waals surface area contributed by atoms with Crippen molar-refractivity contribution in [2.45, 2.75) is 6.92 Å². The number of rotatable bonds is 2. The zero-order chi connectivity index (χ0) is 7.28. The molecule has 0 aliphatic heterocycles. The summed E-state index contributed by atoms with van der Waals surface area (Å²) >= 11 is 0. The summed E-state index contributed by atoms with van der Waals surface area (Å²) in [4.78, 5) is 9.79. The van der Waals surface area contributed by atoms with E-state index in [2.05, 4.69) is 11.9 Å². The second-order valence-corrected chi connectivity index (χ2v) is 1.63. The van der Waals surface area contributed by atoms with Crippen LogP contribution in [-0.4, -0.2) is 11.2 Å². The van der Waals surface area contributed by atoms with E-state index in [0.717, 1.165) is 5.57 Å². The summed E-state index contributed by atoms with van der Waals surface area (Å²) in [7, 11) is 0. The predicted molar refractivity (Wildman–Crippen MR) is 35.1 cm³/mol. The van der Waals surface area contributed by atoms with E-state index in [9.17, 15) is 4.79 Å². The van der Waals surface area contributed by atoms with E-state index < -0.39 is 6.09 Å². The molecule has 3 heteroatoms. The van der Waals surface area contributed by atoms with E-state index in [1.807, 2.05) is 0 Å². The SMILES string of the molecule is C=C(C)/C=C\NC(=O)O. The zero-order valence-corrected chi connectivity index (χ0v) is 5.22. The summed E-state index contributed by atoms with van der Waals surface area (Å²) in [5.74, 6) is 0. The molecule has 0 rings (SSSR count). The van der Waals surface area contributed by atoms with Crippen molar-refractivity contribution in [1.82, 2.24) is 5.32 Å². The van der Waals surface area contributed by atoms with Crippen LogP contribution in [0.15, 0.2) is 24.4 Å². The monoisotopic (exact) mass is 127 g/mol. The molecule has 0 aromatic rings. The normalized spacial score (nSPS) is 9.44. The van der Waals surface area contributed by atoms with E-state index in [1.54, 1.807) is 13.0 Å². The van der Waals surface area contributed by atoms with Crippen LogP contribution in [0.25, 0.3) is 0 Å². The maximum absolute atomic E-state index is 9.79. The third-order valence-corrected chi connectivity index (χ3v) is 0.575. The molecule has 0 bridgehead atoms. The van der Waals surface area contributed by atoms with Crippen LogP contribution in [0.1, 0.15) is 6.92 Å². The fourth-order valence-corrected chi connectivity index (χ4v) is 0.255. The molecule has 0 aliphatic rings. The first kappa shape index (κ1) is 7.75. The van der Waals surface area contributed by atoms with E-state index in [4.69, 9.17) is 5.11 Å². The molecule has 0 heterocycles. The number of hydrogen-bond acceptors (Lipinski definition) is 1. The average Bonchev–Trinajstić information content (AvgIpc) is 1.63. The lowest BCUT2D eigenvalue weighted by molar-refractivity contribution is 0.198. The molecule has 0 radical (unpaired) electrons. The summed E-state index contributed by atoms with van der Waals surface area (Å²) in [6.45, 7) is 5.31. The van der Waals surface area contributed by atoms with Gasteiger partial charge in [0.05, 0.1) is 0 Å². The largest absolute Gasteiger partial charge is 0.465 e. The Kier molecular flexibility index (Phi) is 3.20. The molecule has 0 aromatic carbocycles. The highest BCUT2D eigenvalue weighted by Gasteiger charge is 1.83. The van der Waals surface area contributed by atoms with Gasteiger partial charge in [-0.3, -0.25) is 5.32 Å². The van der Waals surface area contributed by atoms with Crippen molar-refractivity contribution in [2.24, 2.45) is 0 Å². The molecule has 0 atom stereocenters. The summed E-state index contributed by atoms with van der Waals surface area (Å²) in [5, 5.41) is 10.1. The lowest BCUT2D eigenvalue weighted by Gasteiger charge is -1.87. The molecule has 0 aliphatic carbocycles. The Morgan fingerprint density at radius 1 is 1.78 bits per heavy atom. The Balaban J connectivity index is 3.48. The van der Waals surface area contributed by atoms with Gasteiger partial charge in [0.25, 0.3) is 0 Å². The maximum Gasteiger partial charge on any atom is 0.408 e. The van der Waals surface area contributed by atoms with Crippen molar-refractivity contribution in [3.8, 4) is 0 Å². The summed E-state index contributed by atoms with van der Waals surface area (Å²) < 4.78 is 0. The van der Waals surface area contributed by atoms with Gasteiger partial charge in [0.2, 0.25) is 0 Å². The highest BCUT2D eigenvalue weighted by Crippen LogP contribution is 1.85. The fraction of sp³-hybridized carbons (Fsp3) is 0.167. The number of carboxylic acid groups (broad SMARTS) is 1. The van der Waals surface area contributed by atoms with Crippen LogP contribution >= 0.6 is 0 Å². The van der Waals surface area contributed by atoms with Gasteiger partial charge in [0.1, 0.15) is 0 Å². The topological polar surface area (TPSA) is 49.3 Å². The van der Waals surface area contributed by atoms with Gasteiger partial charge in [0.15, 0.2) is 0 Å². The molecule has 0 fully saturated rings. The first-order valence-electron chi connectivity index (χ1n) is 2.44. The van der Waals surface area contributed by atoms with Gasteiger partial charge in [-0.25, -0.2) is 4.79 Å². The van der Waals surface area contributed by atoms with Crippen LogP contribution in [-0.2, 0) is 0 Å². The van der Waals surface area contributed by atoms with Crippen LogP contribution in [0, 0.1) is 0 Å². The van der Waals surface area contributed by atoms with Gasteiger partial charge in [-0.2, -0.15) is 0 Å². The highest BCUT2D eigenvalue weighted by molar-refractivity contribution is 5.65. The number of amides is 1. The minimum absolute atomic E-state index is 0.809. The van der Waals surface area contributed by atoms with Crippen LogP contribution in [0.2, 0.25) is 0 Å². The minimum atomic E-state index is -1.06. The first-order valence-corrected chi connectivity index (χ1v) is 2.44. The number of allylic oxidation sites excluding steroid dienone is 2. The molecule has 9 heavy (non-hydrogen) atoms. The van der Waals surface area contributed by atoms with Crippen LogP contribution in [0.4, 0.5) is 4.79 Å². The van der Waals surface area contributed by atoms with Crippen molar-refractivity contribution in [2.75, 3.05) is 0 Å². The second-order valence-electron chi connectivity index (χ2n) is 1.63. The quantitative estimate of drug-likeness (QED) is 0.550. The van der Waals surface area contributed by atoms with Gasteiger partial charge in [-0.15, -0.1) is 0 Å². The number of nitrogens with one attached hydrogen (secondary N) is 1. The van der Waals surface area contributed by atoms with E-state index >= 15 is 0 Å². The molecular weight excluding hydrogens is 118 g/mol. The van der Waals surface area contributed by atoms with Gasteiger partial charge < -0.3 is 5.11 Å². The Morgan fingerprint density at radius 2 is 2.33 bits per heavy atom. The molecule has 50 valence electrons. The lowest BCUT2D eigenvalue weighted by atomic mass is 10.3. The van der Waals surface area contributed by atoms with Crippen molar-refractivity contribution >= 4 is 6.09 Å². The summed E-state index contributed by atoms with van der Waals surface area (Å²) in [5.41, 5.74) is 0.809. The Hall–Kier alpha value is -1.25. The second kappa shape index (κ2) is 3.72. The van der Waals surface area contributed by atoms with Crippen molar-refractivity contribution in [3.05, 3.63) is 24.4 Å². The molecule has 0 saturated heterocycles. The highest BCUT2D eigenvalue weighted by atomic mass is 16.4. The predicted octanol–water partition coefficient (Wildman–Crippen LogP) is 1.34. The smallest absolute Gasteiger partial charge is 0.408 e. The molecule has 0 spiro atoms. The van der Waals surface area contributed by atoms with E-state index in [0.29, 0.717) is 0 Å². The Morgan fingerprint density at radius 3 is 2.67 bits per heavy atom. The average molecular weight is 127 g/mol. The molecule has 0 saturated carbocycles. The fourth-order valence-electron chi connectivity index (χ4n) is 0.255. The van der Waals surface area contributed by atoms with Gasteiger partial charge in [-0.1, -0.05) is 12.2 Å². The lowest BCUT2D eigenvalue weighted by Crippen LogP contribution is -2.12. The van der Waals surface area contributed by atoms with Crippen LogP contribution < -0.4 is 5.32 Å². The summed E-state index contributed by atoms with van der Waals surface area (Å²) in [6.07, 6.45) is 1.84. The van der Waals surface area contributed by atoms with Crippen molar-refractivity contribution < 1.29 is 9.90 Å². The van der Waals surface area contributed by atoms with Gasteiger partial charge in [0, 0.05) is 6.20 Å². The third kappa shape index (κ3) is 6.75. The zero-order valence-electron chi connectivity index (χ0n) is 5.22. The number of hydrogen-bond donors (Lipinski definition) is 2. The standard InChI is InChI=1S/C6H9NO2/c1-5(2)3-4-7-6(8)9/h3-4,7H,1H2,2H3,(H,8,9)/b4-3-. The number of carbonyl (C=O) groups is 1. The first-order chi connectivity index (χ1) is 4.13. The molecule has 1 amide bonds. The summed E-state index contributed by atoms with van der Waals surface area (Å²) in [6, 6.07) is 0. The Bertz CT molecular complexity index is 149. The van der Waals surface area contributed by atoms with Gasteiger partial charge in [-0.05, 0) is 13.0 Å². The molecule has 0 aromatic heterocycles. The van der Waals surface area contributed by atoms with Crippen LogP contribution in [0.3, 0.4) is 0 Å². The van der Waals surface area contributed by atoms with E-state index in [-0.39, 0.29) is 0 Å². The van der Waals surface area contributed by atoms with Crippen molar-refractivity contribution in [3.63, 3.8) is 0 Å². The Labute approximate surface area is 53.7 Å². The van der Waals surface area contributed by atoms with Crippen molar-refractivity contribution in [1.29, 1.82) is 0 Å². The molecule has 3 nitrogen and oxygen atoms in total. The van der Waals surface area contributed by atoms with Gasteiger partial charge >= 0.3 is 6.09 Å².